The Morgan fingerprint density at radius 2 is 1.93 bits per heavy atom. The number of rotatable bonds is 5. The number of para-hydroxylation sites is 1. The van der Waals surface area contributed by atoms with Crippen LogP contribution in [0.3, 0.4) is 0 Å². The van der Waals surface area contributed by atoms with Gasteiger partial charge in [0.2, 0.25) is 0 Å². The number of fused-ring (bicyclic) bond motifs is 1. The van der Waals surface area contributed by atoms with E-state index < -0.39 is 6.61 Å². The average Bonchev–Trinajstić information content (AvgIpc) is 3.28. The number of benzene rings is 2. The number of anilines is 1. The summed E-state index contributed by atoms with van der Waals surface area (Å²) in [6, 6.07) is 15.8. The lowest BCUT2D eigenvalue weighted by molar-refractivity contribution is -0.0498. The second kappa shape index (κ2) is 7.40. The van der Waals surface area contributed by atoms with Crippen molar-refractivity contribution in [1.82, 2.24) is 9.55 Å². The van der Waals surface area contributed by atoms with E-state index in [4.69, 9.17) is 0 Å². The van der Waals surface area contributed by atoms with Crippen LogP contribution in [0, 0.1) is 0 Å². The Bertz CT molecular complexity index is 1140. The number of nitrogens with one attached hydrogen (secondary N) is 1. The molecule has 1 N–H and O–H groups in total. The number of nitrogens with zero attached hydrogens (tertiary/aromatic N) is 2. The molecule has 2 heterocycles. The normalized spacial score (nSPS) is 11.1. The first kappa shape index (κ1) is 18.1. The Morgan fingerprint density at radius 1 is 1.18 bits per heavy atom. The maximum absolute atomic E-state index is 12.5. The summed E-state index contributed by atoms with van der Waals surface area (Å²) in [4.78, 5) is 16.9. The van der Waals surface area contributed by atoms with Gasteiger partial charge in [0.25, 0.3) is 5.91 Å². The molecule has 0 spiro atoms. The van der Waals surface area contributed by atoms with Gasteiger partial charge in [-0.1, -0.05) is 18.2 Å². The molecule has 0 aliphatic heterocycles. The Balaban J connectivity index is 1.52. The minimum Gasteiger partial charge on any atom is -0.435 e. The molecule has 0 fully saturated rings. The van der Waals surface area contributed by atoms with Crippen LogP contribution in [0.25, 0.3) is 21.6 Å². The summed E-state index contributed by atoms with van der Waals surface area (Å²) in [5.74, 6) is -0.344. The van der Waals surface area contributed by atoms with Crippen molar-refractivity contribution in [2.24, 2.45) is 7.05 Å². The van der Waals surface area contributed by atoms with E-state index in [0.717, 1.165) is 21.6 Å². The number of aryl methyl sites for hydroxylation is 1. The lowest BCUT2D eigenvalue weighted by Gasteiger charge is -2.06. The minimum absolute atomic E-state index is 0.0275. The number of carbonyl (C=O) groups excluding carboxylic acids is 1. The summed E-state index contributed by atoms with van der Waals surface area (Å²) in [6.45, 7) is -2.89. The van der Waals surface area contributed by atoms with Crippen molar-refractivity contribution in [3.8, 4) is 16.5 Å². The van der Waals surface area contributed by atoms with E-state index in [1.165, 1.54) is 35.6 Å². The molecular weight excluding hydrogens is 384 g/mol. The number of hydrogen-bond donors (Lipinski definition) is 1. The van der Waals surface area contributed by atoms with Crippen LogP contribution in [-0.2, 0) is 7.05 Å². The molecule has 0 unspecified atom stereocenters. The monoisotopic (exact) mass is 399 g/mol. The zero-order chi connectivity index (χ0) is 19.7. The van der Waals surface area contributed by atoms with Gasteiger partial charge in [0.1, 0.15) is 16.5 Å². The smallest absolute Gasteiger partial charge is 0.387 e. The predicted molar refractivity (Wildman–Crippen MR) is 105 cm³/mol. The highest BCUT2D eigenvalue weighted by Crippen LogP contribution is 2.29. The first-order chi connectivity index (χ1) is 13.5. The highest BCUT2D eigenvalue weighted by molar-refractivity contribution is 7.13. The second-order valence-corrected chi connectivity index (χ2v) is 6.90. The molecule has 28 heavy (non-hydrogen) atoms. The lowest BCUT2D eigenvalue weighted by Crippen LogP contribution is -2.12. The lowest BCUT2D eigenvalue weighted by atomic mass is 10.2. The van der Waals surface area contributed by atoms with Gasteiger partial charge in [0.05, 0.1) is 5.69 Å². The summed E-state index contributed by atoms with van der Waals surface area (Å²) in [5, 5.41) is 6.24. The molecule has 2 aromatic carbocycles. The van der Waals surface area contributed by atoms with E-state index in [2.05, 4.69) is 15.0 Å². The number of hydrogen-bond acceptors (Lipinski definition) is 4. The minimum atomic E-state index is -2.89. The summed E-state index contributed by atoms with van der Waals surface area (Å²) in [7, 11) is 1.96. The second-order valence-electron chi connectivity index (χ2n) is 6.04. The summed E-state index contributed by atoms with van der Waals surface area (Å²) >= 11 is 1.38. The molecule has 0 saturated carbocycles. The van der Waals surface area contributed by atoms with Crippen LogP contribution in [0.15, 0.2) is 60.0 Å². The van der Waals surface area contributed by atoms with E-state index in [9.17, 15) is 13.6 Å². The summed E-state index contributed by atoms with van der Waals surface area (Å²) in [5.41, 5.74) is 2.77. The average molecular weight is 399 g/mol. The maximum Gasteiger partial charge on any atom is 0.387 e. The first-order valence-electron chi connectivity index (χ1n) is 8.38. The predicted octanol–water partition coefficient (Wildman–Crippen LogP) is 5.16. The van der Waals surface area contributed by atoms with E-state index in [0.29, 0.717) is 5.69 Å². The third-order valence-corrected chi connectivity index (χ3v) is 5.11. The van der Waals surface area contributed by atoms with Gasteiger partial charge in [-0.3, -0.25) is 4.79 Å². The van der Waals surface area contributed by atoms with Crippen LogP contribution < -0.4 is 10.1 Å². The van der Waals surface area contributed by atoms with Gasteiger partial charge >= 0.3 is 6.61 Å². The molecule has 2 aromatic heterocycles. The third-order valence-electron chi connectivity index (χ3n) is 4.24. The van der Waals surface area contributed by atoms with Crippen molar-refractivity contribution >= 4 is 33.8 Å². The van der Waals surface area contributed by atoms with Crippen LogP contribution in [-0.4, -0.2) is 22.1 Å². The van der Waals surface area contributed by atoms with Gasteiger partial charge in [-0.15, -0.1) is 11.3 Å². The van der Waals surface area contributed by atoms with Gasteiger partial charge < -0.3 is 14.6 Å². The van der Waals surface area contributed by atoms with E-state index in [-0.39, 0.29) is 17.4 Å². The molecule has 0 saturated heterocycles. The molecular formula is C20H15F2N3O2S. The van der Waals surface area contributed by atoms with Crippen molar-refractivity contribution in [2.45, 2.75) is 6.61 Å². The van der Waals surface area contributed by atoms with Crippen LogP contribution in [0.4, 0.5) is 14.5 Å². The number of halogens is 2. The molecule has 4 aromatic rings. The van der Waals surface area contributed by atoms with Gasteiger partial charge in [-0.05, 0) is 36.4 Å². The Kier molecular flexibility index (Phi) is 4.79. The van der Waals surface area contributed by atoms with Crippen molar-refractivity contribution in [2.75, 3.05) is 5.32 Å². The Labute approximate surface area is 163 Å². The van der Waals surface area contributed by atoms with Crippen molar-refractivity contribution in [3.05, 3.63) is 65.7 Å². The van der Waals surface area contributed by atoms with E-state index >= 15 is 0 Å². The highest BCUT2D eigenvalue weighted by Gasteiger charge is 2.15. The van der Waals surface area contributed by atoms with Crippen LogP contribution in [0.5, 0.6) is 5.75 Å². The topological polar surface area (TPSA) is 56.2 Å². The summed E-state index contributed by atoms with van der Waals surface area (Å²) in [6.07, 6.45) is 0. The van der Waals surface area contributed by atoms with Crippen molar-refractivity contribution in [1.29, 1.82) is 0 Å². The number of amides is 1. The van der Waals surface area contributed by atoms with Gasteiger partial charge in [0, 0.05) is 29.0 Å². The molecule has 0 bridgehead atoms. The van der Waals surface area contributed by atoms with Crippen LogP contribution in [0.2, 0.25) is 0 Å². The fourth-order valence-corrected chi connectivity index (χ4v) is 3.76. The SMILES string of the molecule is Cn1c(-c2nc(C(=O)Nc3ccc(OC(F)F)cc3)cs2)cc2ccccc21. The molecule has 0 aliphatic rings. The number of carbonyl (C=O) groups is 1. The van der Waals surface area contributed by atoms with E-state index in [1.807, 2.05) is 41.9 Å². The number of thiazole rings is 1. The van der Waals surface area contributed by atoms with Crippen LogP contribution in [0.1, 0.15) is 10.5 Å². The van der Waals surface area contributed by atoms with Gasteiger partial charge in [0.15, 0.2) is 0 Å². The molecule has 0 atom stereocenters. The molecule has 142 valence electrons. The first-order valence-corrected chi connectivity index (χ1v) is 9.26. The van der Waals surface area contributed by atoms with Crippen LogP contribution >= 0.6 is 11.3 Å². The fourth-order valence-electron chi connectivity index (χ4n) is 2.90. The fraction of sp³-hybridized carbons (Fsp3) is 0.100. The number of alkyl halides is 2. The highest BCUT2D eigenvalue weighted by atomic mass is 32.1. The zero-order valence-corrected chi connectivity index (χ0v) is 15.5. The molecule has 0 radical (unpaired) electrons. The molecule has 5 nitrogen and oxygen atoms in total. The largest absolute Gasteiger partial charge is 0.435 e. The van der Waals surface area contributed by atoms with E-state index in [1.54, 1.807) is 5.38 Å². The molecule has 1 amide bonds. The quantitative estimate of drug-likeness (QED) is 0.505. The number of aromatic nitrogens is 2. The van der Waals surface area contributed by atoms with Crippen molar-refractivity contribution < 1.29 is 18.3 Å². The molecule has 4 rings (SSSR count). The maximum atomic E-state index is 12.5. The van der Waals surface area contributed by atoms with Gasteiger partial charge in [-0.25, -0.2) is 4.98 Å². The zero-order valence-electron chi connectivity index (χ0n) is 14.7. The molecule has 0 aliphatic carbocycles. The Morgan fingerprint density at radius 3 is 2.64 bits per heavy atom. The standard InChI is InChI=1S/C20H15F2N3O2S/c1-25-16-5-3-2-4-12(16)10-17(25)19-24-15(11-28-19)18(26)23-13-6-8-14(9-7-13)27-20(21)22/h2-11,20H,1H3,(H,23,26). The Hall–Kier alpha value is -3.26. The molecule has 8 heteroatoms. The summed E-state index contributed by atoms with van der Waals surface area (Å²) < 4.78 is 30.7. The number of ether oxygens (including phenoxy) is 1. The van der Waals surface area contributed by atoms with Crippen molar-refractivity contribution in [3.63, 3.8) is 0 Å². The third kappa shape index (κ3) is 3.59. The van der Waals surface area contributed by atoms with Gasteiger partial charge in [-0.2, -0.15) is 8.78 Å².